The molecule has 2 heterocycles. The molecule has 0 spiro atoms. The largest absolute Gasteiger partial charge is 0.358 e. The molecule has 0 amide bonds. The van der Waals surface area contributed by atoms with Gasteiger partial charge in [0.05, 0.1) is 9.88 Å². The van der Waals surface area contributed by atoms with Crippen LogP contribution in [0.2, 0.25) is 0 Å². The molecular formula is C7H10N2S. The lowest BCUT2D eigenvalue weighted by atomic mass is 10.4. The van der Waals surface area contributed by atoms with Crippen LogP contribution in [-0.4, -0.2) is 18.6 Å². The zero-order valence-electron chi connectivity index (χ0n) is 6.22. The summed E-state index contributed by atoms with van der Waals surface area (Å²) >= 11 is 1.83. The first-order valence-corrected chi connectivity index (χ1v) is 4.26. The van der Waals surface area contributed by atoms with Crippen LogP contribution in [0.15, 0.2) is 0 Å². The maximum absolute atomic E-state index is 4.42. The molecular weight excluding hydrogens is 144 g/mol. The van der Waals surface area contributed by atoms with Crippen LogP contribution in [0.5, 0.6) is 0 Å². The van der Waals surface area contributed by atoms with Crippen LogP contribution in [0, 0.1) is 6.92 Å². The molecule has 3 heteroatoms. The second kappa shape index (κ2) is 1.95. The fourth-order valence-corrected chi connectivity index (χ4v) is 2.27. The molecule has 0 aliphatic carbocycles. The smallest absolute Gasteiger partial charge is 0.142 e. The van der Waals surface area contributed by atoms with Gasteiger partial charge in [0.25, 0.3) is 0 Å². The highest BCUT2D eigenvalue weighted by Gasteiger charge is 2.19. The number of hydrogen-bond donors (Lipinski definition) is 0. The van der Waals surface area contributed by atoms with Crippen LogP contribution in [-0.2, 0) is 6.42 Å². The second-order valence-corrected chi connectivity index (χ2v) is 3.94. The van der Waals surface area contributed by atoms with E-state index in [1.807, 2.05) is 11.3 Å². The van der Waals surface area contributed by atoms with Gasteiger partial charge >= 0.3 is 0 Å². The van der Waals surface area contributed by atoms with E-state index in [0.717, 1.165) is 6.54 Å². The van der Waals surface area contributed by atoms with Crippen molar-refractivity contribution in [1.29, 1.82) is 0 Å². The molecule has 1 aliphatic rings. The lowest BCUT2D eigenvalue weighted by Crippen LogP contribution is -2.13. The third kappa shape index (κ3) is 0.736. The van der Waals surface area contributed by atoms with Gasteiger partial charge < -0.3 is 4.90 Å². The Morgan fingerprint density at radius 1 is 1.60 bits per heavy atom. The van der Waals surface area contributed by atoms with Gasteiger partial charge in [-0.2, -0.15) is 0 Å². The van der Waals surface area contributed by atoms with E-state index in [-0.39, 0.29) is 0 Å². The topological polar surface area (TPSA) is 16.1 Å². The molecule has 0 radical (unpaired) electrons. The van der Waals surface area contributed by atoms with Crippen LogP contribution in [0.3, 0.4) is 0 Å². The number of hydrogen-bond acceptors (Lipinski definition) is 3. The van der Waals surface area contributed by atoms with E-state index >= 15 is 0 Å². The second-order valence-electron chi connectivity index (χ2n) is 2.65. The van der Waals surface area contributed by atoms with Crippen molar-refractivity contribution in [2.24, 2.45) is 0 Å². The highest BCUT2D eigenvalue weighted by molar-refractivity contribution is 7.12. The number of thiazole rings is 1. The number of anilines is 1. The summed E-state index contributed by atoms with van der Waals surface area (Å²) in [5, 5.41) is 1.19. The summed E-state index contributed by atoms with van der Waals surface area (Å²) in [5.74, 6) is 1.21. The number of aromatic nitrogens is 1. The van der Waals surface area contributed by atoms with Crippen LogP contribution >= 0.6 is 11.3 Å². The Morgan fingerprint density at radius 2 is 2.40 bits per heavy atom. The van der Waals surface area contributed by atoms with Crippen molar-refractivity contribution in [2.45, 2.75) is 13.3 Å². The molecule has 0 aromatic carbocycles. The van der Waals surface area contributed by atoms with Crippen molar-refractivity contribution in [2.75, 3.05) is 18.5 Å². The van der Waals surface area contributed by atoms with E-state index in [1.165, 1.54) is 22.1 Å². The molecule has 2 nitrogen and oxygen atoms in total. The molecule has 0 fully saturated rings. The highest BCUT2D eigenvalue weighted by Crippen LogP contribution is 2.30. The Labute approximate surface area is 64.5 Å². The summed E-state index contributed by atoms with van der Waals surface area (Å²) < 4.78 is 0. The van der Waals surface area contributed by atoms with Crippen LogP contribution in [0.4, 0.5) is 5.82 Å². The van der Waals surface area contributed by atoms with Gasteiger partial charge in [-0.25, -0.2) is 4.98 Å². The summed E-state index contributed by atoms with van der Waals surface area (Å²) in [6.45, 7) is 3.21. The Balaban J connectivity index is 2.49. The van der Waals surface area contributed by atoms with Gasteiger partial charge in [-0.3, -0.25) is 0 Å². The highest BCUT2D eigenvalue weighted by atomic mass is 32.1. The zero-order chi connectivity index (χ0) is 7.14. The predicted molar refractivity (Wildman–Crippen MR) is 43.8 cm³/mol. The summed E-state index contributed by atoms with van der Waals surface area (Å²) in [5.41, 5.74) is 0. The molecule has 0 atom stereocenters. The normalized spacial score (nSPS) is 16.0. The Morgan fingerprint density at radius 3 is 3.10 bits per heavy atom. The lowest BCUT2D eigenvalue weighted by Gasteiger charge is -2.06. The number of likely N-dealkylation sites (N-methyl/N-ethyl adjacent to an activating group) is 1. The van der Waals surface area contributed by atoms with Gasteiger partial charge in [-0.05, 0) is 6.92 Å². The summed E-state index contributed by atoms with van der Waals surface area (Å²) in [4.78, 5) is 8.10. The van der Waals surface area contributed by atoms with Gasteiger partial charge in [0, 0.05) is 20.0 Å². The van der Waals surface area contributed by atoms with Crippen LogP contribution in [0.1, 0.15) is 9.88 Å². The number of nitrogens with zero attached hydrogens (tertiary/aromatic N) is 2. The number of rotatable bonds is 0. The third-order valence-corrected chi connectivity index (χ3v) is 2.84. The first-order chi connectivity index (χ1) is 4.77. The van der Waals surface area contributed by atoms with E-state index in [2.05, 4.69) is 23.9 Å². The summed E-state index contributed by atoms with van der Waals surface area (Å²) in [6.07, 6.45) is 1.19. The van der Waals surface area contributed by atoms with Crippen molar-refractivity contribution < 1.29 is 0 Å². The van der Waals surface area contributed by atoms with E-state index in [0.29, 0.717) is 0 Å². The van der Waals surface area contributed by atoms with Gasteiger partial charge in [0.2, 0.25) is 0 Å². The van der Waals surface area contributed by atoms with Crippen molar-refractivity contribution in [3.63, 3.8) is 0 Å². The zero-order valence-corrected chi connectivity index (χ0v) is 7.03. The minimum atomic E-state index is 1.15. The van der Waals surface area contributed by atoms with Gasteiger partial charge in [-0.15, -0.1) is 11.3 Å². The fraction of sp³-hybridized carbons (Fsp3) is 0.571. The third-order valence-electron chi connectivity index (χ3n) is 1.82. The Kier molecular flexibility index (Phi) is 1.20. The summed E-state index contributed by atoms with van der Waals surface area (Å²) in [6, 6.07) is 0. The quantitative estimate of drug-likeness (QED) is 0.562. The molecule has 1 aromatic heterocycles. The van der Waals surface area contributed by atoms with Gasteiger partial charge in [0.1, 0.15) is 5.82 Å². The maximum Gasteiger partial charge on any atom is 0.142 e. The minimum Gasteiger partial charge on any atom is -0.358 e. The predicted octanol–water partition coefficient (Wildman–Crippen LogP) is 1.44. The minimum absolute atomic E-state index is 1.15. The first kappa shape index (κ1) is 6.16. The van der Waals surface area contributed by atoms with Gasteiger partial charge in [-0.1, -0.05) is 0 Å². The average molecular weight is 154 g/mol. The van der Waals surface area contributed by atoms with Crippen LogP contribution < -0.4 is 4.90 Å². The summed E-state index contributed by atoms with van der Waals surface area (Å²) in [7, 11) is 2.10. The standard InChI is InChI=1S/C7H10N2S/c1-5-8-7-6(10-5)3-4-9(7)2/h3-4H2,1-2H3. The Bertz CT molecular complexity index is 254. The van der Waals surface area contributed by atoms with Crippen molar-refractivity contribution >= 4 is 17.2 Å². The SMILES string of the molecule is Cc1nc2c(s1)CCN2C. The van der Waals surface area contributed by atoms with Gasteiger partial charge in [0.15, 0.2) is 0 Å². The molecule has 1 aliphatic heterocycles. The molecule has 0 unspecified atom stereocenters. The monoisotopic (exact) mass is 154 g/mol. The molecule has 0 saturated carbocycles. The molecule has 54 valence electrons. The van der Waals surface area contributed by atoms with Crippen molar-refractivity contribution in [3.05, 3.63) is 9.88 Å². The van der Waals surface area contributed by atoms with Crippen molar-refractivity contribution in [3.8, 4) is 0 Å². The fourth-order valence-electron chi connectivity index (χ4n) is 1.29. The van der Waals surface area contributed by atoms with Crippen LogP contribution in [0.25, 0.3) is 0 Å². The molecule has 10 heavy (non-hydrogen) atoms. The van der Waals surface area contributed by atoms with E-state index in [1.54, 1.807) is 0 Å². The van der Waals surface area contributed by atoms with E-state index in [4.69, 9.17) is 0 Å². The van der Waals surface area contributed by atoms with Crippen molar-refractivity contribution in [1.82, 2.24) is 4.98 Å². The average Bonchev–Trinajstić information content (AvgIpc) is 2.35. The molecule has 0 bridgehead atoms. The maximum atomic E-state index is 4.42. The molecule has 1 aromatic rings. The first-order valence-electron chi connectivity index (χ1n) is 3.45. The van der Waals surface area contributed by atoms with E-state index < -0.39 is 0 Å². The molecule has 0 N–H and O–H groups in total. The molecule has 2 rings (SSSR count). The Hall–Kier alpha value is -0.570. The lowest BCUT2D eigenvalue weighted by molar-refractivity contribution is 0.943. The number of fused-ring (bicyclic) bond motifs is 1. The number of aryl methyl sites for hydroxylation is 1. The molecule has 0 saturated heterocycles. The van der Waals surface area contributed by atoms with E-state index in [9.17, 15) is 0 Å².